The molecule has 2 N–H and O–H groups in total. The Balaban J connectivity index is 2.53. The van der Waals surface area contributed by atoms with E-state index in [1.54, 1.807) is 4.68 Å². The summed E-state index contributed by atoms with van der Waals surface area (Å²) in [4.78, 5) is 0. The van der Waals surface area contributed by atoms with Gasteiger partial charge in [-0.3, -0.25) is 4.68 Å². The number of allylic oxidation sites excluding steroid dienone is 2. The zero-order valence-electron chi connectivity index (χ0n) is 8.14. The Bertz CT molecular complexity index is 623. The van der Waals surface area contributed by atoms with E-state index in [2.05, 4.69) is 17.9 Å². The van der Waals surface area contributed by atoms with Crippen molar-refractivity contribution in [2.24, 2.45) is 0 Å². The molecule has 1 aliphatic carbocycles. The van der Waals surface area contributed by atoms with E-state index >= 15 is 0 Å². The predicted octanol–water partition coefficient (Wildman–Crippen LogP) is 2.55. The largest absolute Gasteiger partial charge is 0.339 e. The number of aromatic nitrogens is 1. The average molecular weight is 194 g/mol. The minimum atomic E-state index is 1.00. The van der Waals surface area contributed by atoms with Crippen molar-refractivity contribution < 1.29 is 0 Å². The van der Waals surface area contributed by atoms with Crippen LogP contribution in [0.5, 0.6) is 0 Å². The van der Waals surface area contributed by atoms with Gasteiger partial charge in [0.1, 0.15) is 0 Å². The quantitative estimate of drug-likeness (QED) is 0.507. The van der Waals surface area contributed by atoms with E-state index in [0.717, 1.165) is 16.8 Å². The lowest BCUT2D eigenvalue weighted by molar-refractivity contribution is 1.05. The molecule has 1 aliphatic rings. The van der Waals surface area contributed by atoms with Gasteiger partial charge in [0.05, 0.1) is 11.2 Å². The lowest BCUT2D eigenvalue weighted by Gasteiger charge is -1.97. The van der Waals surface area contributed by atoms with Crippen LogP contribution in [0.2, 0.25) is 0 Å². The first-order valence-corrected chi connectivity index (χ1v) is 4.85. The minimum Gasteiger partial charge on any atom is -0.339 e. The number of benzene rings is 1. The van der Waals surface area contributed by atoms with Gasteiger partial charge in [-0.1, -0.05) is 30.4 Å². The third-order valence-corrected chi connectivity index (χ3v) is 2.66. The highest BCUT2D eigenvalue weighted by Gasteiger charge is 2.11. The summed E-state index contributed by atoms with van der Waals surface area (Å²) >= 11 is 0. The molecule has 2 nitrogen and oxygen atoms in total. The smallest absolute Gasteiger partial charge is 0.0780 e. The summed E-state index contributed by atoms with van der Waals surface area (Å²) in [7, 11) is 0. The van der Waals surface area contributed by atoms with Crippen LogP contribution in [0.1, 0.15) is 11.3 Å². The number of hydrogen-bond donors (Lipinski definition) is 1. The first kappa shape index (κ1) is 8.16. The third kappa shape index (κ3) is 1.06. The Morgan fingerprint density at radius 2 is 2.07 bits per heavy atom. The summed E-state index contributed by atoms with van der Waals surface area (Å²) in [5, 5.41) is 1.18. The summed E-state index contributed by atoms with van der Waals surface area (Å²) in [5.74, 6) is 6.03. The van der Waals surface area contributed by atoms with Crippen molar-refractivity contribution >= 4 is 23.1 Å². The first-order valence-electron chi connectivity index (χ1n) is 4.85. The van der Waals surface area contributed by atoms with E-state index in [9.17, 15) is 0 Å². The highest BCUT2D eigenvalue weighted by Crippen LogP contribution is 2.27. The lowest BCUT2D eigenvalue weighted by Crippen LogP contribution is -2.09. The van der Waals surface area contributed by atoms with Crippen molar-refractivity contribution in [3.05, 3.63) is 53.4 Å². The van der Waals surface area contributed by atoms with Crippen molar-refractivity contribution in [3.8, 4) is 0 Å². The standard InChI is InChI=1S/C13H10N2/c14-15-12-8-3-1-2-6-10(12)11-7-4-5-9-13(11)15/h1-2,4-9H,14H2. The molecule has 0 unspecified atom stereocenters. The van der Waals surface area contributed by atoms with Crippen molar-refractivity contribution in [2.45, 2.75) is 0 Å². The van der Waals surface area contributed by atoms with E-state index in [-0.39, 0.29) is 0 Å². The number of fused-ring (bicyclic) bond motifs is 3. The molecule has 0 atom stereocenters. The molecule has 0 fully saturated rings. The maximum Gasteiger partial charge on any atom is 0.0780 e. The van der Waals surface area contributed by atoms with Gasteiger partial charge in [0.15, 0.2) is 0 Å². The molecule has 0 amide bonds. The molecule has 0 aliphatic heterocycles. The van der Waals surface area contributed by atoms with Crippen molar-refractivity contribution in [2.75, 3.05) is 5.84 Å². The fourth-order valence-corrected chi connectivity index (χ4v) is 1.96. The molecule has 2 heteroatoms. The summed E-state index contributed by atoms with van der Waals surface area (Å²) in [6.07, 6.45) is 7.84. The Kier molecular flexibility index (Phi) is 1.58. The average Bonchev–Trinajstić information content (AvgIpc) is 2.48. The molecule has 1 aromatic heterocycles. The van der Waals surface area contributed by atoms with Crippen LogP contribution >= 0.6 is 0 Å². The SMILES string of the molecule is Nn1c2c(c3ccccc31)C=CC=C=C2. The molecule has 72 valence electrons. The number of hydrogen-bond acceptors (Lipinski definition) is 1. The second-order valence-corrected chi connectivity index (χ2v) is 3.52. The molecular formula is C13H10N2. The molecule has 15 heavy (non-hydrogen) atoms. The van der Waals surface area contributed by atoms with Gasteiger partial charge in [-0.05, 0) is 12.1 Å². The van der Waals surface area contributed by atoms with Crippen LogP contribution in [0, 0.1) is 0 Å². The fraction of sp³-hybridized carbons (Fsp3) is 0. The first-order chi connectivity index (χ1) is 7.38. The van der Waals surface area contributed by atoms with Crippen LogP contribution < -0.4 is 5.84 Å². The maximum atomic E-state index is 6.03. The van der Waals surface area contributed by atoms with Crippen LogP contribution in [0.3, 0.4) is 0 Å². The van der Waals surface area contributed by atoms with Gasteiger partial charge in [-0.15, -0.1) is 5.73 Å². The van der Waals surface area contributed by atoms with E-state index in [1.165, 1.54) is 5.39 Å². The molecule has 2 aromatic rings. The summed E-state index contributed by atoms with van der Waals surface area (Å²) in [5.41, 5.74) is 6.28. The van der Waals surface area contributed by atoms with Crippen molar-refractivity contribution in [1.29, 1.82) is 0 Å². The number of para-hydroxylation sites is 1. The van der Waals surface area contributed by atoms with Crippen LogP contribution in [0.25, 0.3) is 23.1 Å². The zero-order chi connectivity index (χ0) is 10.3. The third-order valence-electron chi connectivity index (χ3n) is 2.66. The van der Waals surface area contributed by atoms with Gasteiger partial charge >= 0.3 is 0 Å². The van der Waals surface area contributed by atoms with Gasteiger partial charge in [0, 0.05) is 17.0 Å². The fourth-order valence-electron chi connectivity index (χ4n) is 1.96. The minimum absolute atomic E-state index is 1.00. The second kappa shape index (κ2) is 2.91. The van der Waals surface area contributed by atoms with Gasteiger partial charge in [-0.25, -0.2) is 0 Å². The Labute approximate surface area is 87.6 Å². The summed E-state index contributed by atoms with van der Waals surface area (Å²) in [6.45, 7) is 0. The Morgan fingerprint density at radius 3 is 3.00 bits per heavy atom. The molecule has 1 aromatic carbocycles. The molecule has 0 bridgehead atoms. The lowest BCUT2D eigenvalue weighted by atomic mass is 10.1. The van der Waals surface area contributed by atoms with Crippen LogP contribution in [-0.2, 0) is 0 Å². The van der Waals surface area contributed by atoms with E-state index in [1.807, 2.05) is 36.4 Å². The number of nitrogens with zero attached hydrogens (tertiary/aromatic N) is 1. The summed E-state index contributed by atoms with van der Waals surface area (Å²) in [6, 6.07) is 8.13. The monoisotopic (exact) mass is 194 g/mol. The molecule has 0 radical (unpaired) electrons. The normalized spacial score (nSPS) is 13.1. The summed E-state index contributed by atoms with van der Waals surface area (Å²) < 4.78 is 1.71. The highest BCUT2D eigenvalue weighted by molar-refractivity contribution is 5.94. The Hall–Kier alpha value is -2.18. The molecule has 1 heterocycles. The molecule has 3 rings (SSSR count). The van der Waals surface area contributed by atoms with E-state index < -0.39 is 0 Å². The zero-order valence-corrected chi connectivity index (χ0v) is 8.14. The van der Waals surface area contributed by atoms with Crippen LogP contribution in [0.4, 0.5) is 0 Å². The predicted molar refractivity (Wildman–Crippen MR) is 63.7 cm³/mol. The van der Waals surface area contributed by atoms with E-state index in [4.69, 9.17) is 5.84 Å². The number of nitrogen functional groups attached to an aromatic ring is 1. The van der Waals surface area contributed by atoms with Gasteiger partial charge < -0.3 is 5.84 Å². The van der Waals surface area contributed by atoms with E-state index in [0.29, 0.717) is 0 Å². The van der Waals surface area contributed by atoms with Crippen LogP contribution in [0.15, 0.2) is 42.1 Å². The maximum absolute atomic E-state index is 6.03. The number of rotatable bonds is 0. The van der Waals surface area contributed by atoms with Crippen molar-refractivity contribution in [1.82, 2.24) is 4.68 Å². The molecule has 0 saturated carbocycles. The molecule has 0 spiro atoms. The second-order valence-electron chi connectivity index (χ2n) is 3.52. The van der Waals surface area contributed by atoms with Gasteiger partial charge in [0.2, 0.25) is 0 Å². The molecule has 0 saturated heterocycles. The Morgan fingerprint density at radius 1 is 1.20 bits per heavy atom. The van der Waals surface area contributed by atoms with Crippen molar-refractivity contribution in [3.63, 3.8) is 0 Å². The van der Waals surface area contributed by atoms with Crippen LogP contribution in [-0.4, -0.2) is 4.68 Å². The topological polar surface area (TPSA) is 30.9 Å². The van der Waals surface area contributed by atoms with Gasteiger partial charge in [-0.2, -0.15) is 0 Å². The highest BCUT2D eigenvalue weighted by atomic mass is 15.3. The van der Waals surface area contributed by atoms with Gasteiger partial charge in [0.25, 0.3) is 0 Å². The number of nitrogens with two attached hydrogens (primary N) is 1. The molecular weight excluding hydrogens is 184 g/mol.